The molecule has 0 aliphatic rings. The van der Waals surface area contributed by atoms with Crippen LogP contribution in [0.3, 0.4) is 0 Å². The van der Waals surface area contributed by atoms with Crippen LogP contribution in [0.2, 0.25) is 0 Å². The third-order valence-electron chi connectivity index (χ3n) is 2.49. The summed E-state index contributed by atoms with van der Waals surface area (Å²) in [5.41, 5.74) is 7.92. The SMILES string of the molecule is CCCC(C)OCc1ccc(CN)cc1. The highest BCUT2D eigenvalue weighted by Gasteiger charge is 2.00. The van der Waals surface area contributed by atoms with Crippen molar-refractivity contribution in [1.29, 1.82) is 0 Å². The van der Waals surface area contributed by atoms with Crippen molar-refractivity contribution in [1.82, 2.24) is 0 Å². The smallest absolute Gasteiger partial charge is 0.0720 e. The van der Waals surface area contributed by atoms with Gasteiger partial charge in [0.05, 0.1) is 12.7 Å². The Hall–Kier alpha value is -0.860. The predicted molar refractivity (Wildman–Crippen MR) is 63.5 cm³/mol. The molecule has 0 heterocycles. The minimum Gasteiger partial charge on any atom is -0.374 e. The van der Waals surface area contributed by atoms with E-state index in [0.717, 1.165) is 6.42 Å². The van der Waals surface area contributed by atoms with Crippen molar-refractivity contribution in [3.63, 3.8) is 0 Å². The molecule has 0 fully saturated rings. The number of nitrogens with two attached hydrogens (primary N) is 1. The van der Waals surface area contributed by atoms with E-state index in [4.69, 9.17) is 10.5 Å². The van der Waals surface area contributed by atoms with Crippen LogP contribution in [0.5, 0.6) is 0 Å². The fourth-order valence-corrected chi connectivity index (χ4v) is 1.50. The topological polar surface area (TPSA) is 35.2 Å². The maximum atomic E-state index is 5.71. The molecule has 84 valence electrons. The Morgan fingerprint density at radius 1 is 1.20 bits per heavy atom. The van der Waals surface area contributed by atoms with Gasteiger partial charge in [-0.05, 0) is 24.5 Å². The van der Waals surface area contributed by atoms with Gasteiger partial charge in [-0.2, -0.15) is 0 Å². The van der Waals surface area contributed by atoms with Crippen molar-refractivity contribution in [2.45, 2.75) is 45.9 Å². The van der Waals surface area contributed by atoms with Gasteiger partial charge in [-0.25, -0.2) is 0 Å². The molecule has 0 aliphatic heterocycles. The monoisotopic (exact) mass is 207 g/mol. The molecule has 0 aliphatic carbocycles. The average Bonchev–Trinajstić information content (AvgIpc) is 2.27. The number of rotatable bonds is 6. The number of ether oxygens (including phenoxy) is 1. The molecule has 0 spiro atoms. The van der Waals surface area contributed by atoms with Crippen molar-refractivity contribution in [2.75, 3.05) is 0 Å². The Morgan fingerprint density at radius 2 is 1.80 bits per heavy atom. The summed E-state index contributed by atoms with van der Waals surface area (Å²) in [6.07, 6.45) is 2.65. The van der Waals surface area contributed by atoms with E-state index in [1.54, 1.807) is 0 Å². The lowest BCUT2D eigenvalue weighted by atomic mass is 10.1. The predicted octanol–water partition coefficient (Wildman–Crippen LogP) is 2.85. The van der Waals surface area contributed by atoms with Crippen LogP contribution in [0.15, 0.2) is 24.3 Å². The molecule has 1 atom stereocenters. The van der Waals surface area contributed by atoms with E-state index in [-0.39, 0.29) is 0 Å². The molecule has 2 heteroatoms. The highest BCUT2D eigenvalue weighted by Crippen LogP contribution is 2.08. The van der Waals surface area contributed by atoms with Crippen molar-refractivity contribution in [3.05, 3.63) is 35.4 Å². The van der Waals surface area contributed by atoms with Crippen molar-refractivity contribution < 1.29 is 4.74 Å². The summed E-state index contributed by atoms with van der Waals surface area (Å²) in [6.45, 7) is 5.60. The lowest BCUT2D eigenvalue weighted by Gasteiger charge is -2.11. The summed E-state index contributed by atoms with van der Waals surface area (Å²) in [4.78, 5) is 0. The first-order valence-corrected chi connectivity index (χ1v) is 5.65. The average molecular weight is 207 g/mol. The molecule has 15 heavy (non-hydrogen) atoms. The quantitative estimate of drug-likeness (QED) is 0.778. The van der Waals surface area contributed by atoms with Gasteiger partial charge in [-0.3, -0.25) is 0 Å². The first-order valence-electron chi connectivity index (χ1n) is 5.65. The second kappa shape index (κ2) is 6.59. The van der Waals surface area contributed by atoms with Gasteiger partial charge in [0.2, 0.25) is 0 Å². The second-order valence-electron chi connectivity index (χ2n) is 3.93. The third-order valence-corrected chi connectivity index (χ3v) is 2.49. The number of hydrogen-bond donors (Lipinski definition) is 1. The molecule has 2 nitrogen and oxygen atoms in total. The highest BCUT2D eigenvalue weighted by molar-refractivity contribution is 5.21. The Labute approximate surface area is 92.4 Å². The van der Waals surface area contributed by atoms with Gasteiger partial charge >= 0.3 is 0 Å². The Kier molecular flexibility index (Phi) is 5.37. The second-order valence-corrected chi connectivity index (χ2v) is 3.93. The van der Waals surface area contributed by atoms with Gasteiger partial charge in [-0.1, -0.05) is 37.6 Å². The molecular formula is C13H21NO. The zero-order chi connectivity index (χ0) is 11.1. The van der Waals surface area contributed by atoms with Crippen molar-refractivity contribution >= 4 is 0 Å². The molecule has 0 radical (unpaired) electrons. The van der Waals surface area contributed by atoms with Crippen LogP contribution in [-0.4, -0.2) is 6.10 Å². The Balaban J connectivity index is 2.37. The van der Waals surface area contributed by atoms with E-state index in [1.807, 2.05) is 0 Å². The summed E-state index contributed by atoms with van der Waals surface area (Å²) in [5.74, 6) is 0. The molecule has 0 bridgehead atoms. The highest BCUT2D eigenvalue weighted by atomic mass is 16.5. The van der Waals surface area contributed by atoms with Crippen LogP contribution in [0.4, 0.5) is 0 Å². The lowest BCUT2D eigenvalue weighted by molar-refractivity contribution is 0.0472. The van der Waals surface area contributed by atoms with Gasteiger partial charge < -0.3 is 10.5 Å². The van der Waals surface area contributed by atoms with E-state index in [1.165, 1.54) is 17.5 Å². The Bertz CT molecular complexity index is 268. The summed E-state index contributed by atoms with van der Waals surface area (Å²) in [7, 11) is 0. The molecule has 0 aromatic heterocycles. The van der Waals surface area contributed by atoms with Gasteiger partial charge in [-0.15, -0.1) is 0 Å². The van der Waals surface area contributed by atoms with Crippen molar-refractivity contribution in [2.24, 2.45) is 5.73 Å². The number of benzene rings is 1. The van der Waals surface area contributed by atoms with Crippen LogP contribution in [0.1, 0.15) is 37.8 Å². The zero-order valence-electron chi connectivity index (χ0n) is 9.70. The molecule has 0 amide bonds. The molecule has 0 saturated heterocycles. The van der Waals surface area contributed by atoms with Crippen LogP contribution >= 0.6 is 0 Å². The zero-order valence-corrected chi connectivity index (χ0v) is 9.70. The minimum atomic E-state index is 0.351. The third kappa shape index (κ3) is 4.45. The summed E-state index contributed by atoms with van der Waals surface area (Å²) >= 11 is 0. The fraction of sp³-hybridized carbons (Fsp3) is 0.538. The minimum absolute atomic E-state index is 0.351. The summed E-state index contributed by atoms with van der Waals surface area (Å²) in [6, 6.07) is 8.29. The maximum Gasteiger partial charge on any atom is 0.0720 e. The molecule has 2 N–H and O–H groups in total. The van der Waals surface area contributed by atoms with E-state index < -0.39 is 0 Å². The van der Waals surface area contributed by atoms with Gasteiger partial charge in [0.15, 0.2) is 0 Å². The summed E-state index contributed by atoms with van der Waals surface area (Å²) < 4.78 is 5.71. The lowest BCUT2D eigenvalue weighted by Crippen LogP contribution is -2.07. The van der Waals surface area contributed by atoms with Crippen LogP contribution in [0, 0.1) is 0 Å². The van der Waals surface area contributed by atoms with Gasteiger partial charge in [0.25, 0.3) is 0 Å². The molecule has 1 rings (SSSR count). The summed E-state index contributed by atoms with van der Waals surface area (Å²) in [5, 5.41) is 0. The maximum absolute atomic E-state index is 5.71. The largest absolute Gasteiger partial charge is 0.374 e. The Morgan fingerprint density at radius 3 is 2.33 bits per heavy atom. The van der Waals surface area contributed by atoms with Gasteiger partial charge in [0.1, 0.15) is 0 Å². The van der Waals surface area contributed by atoms with Crippen LogP contribution in [-0.2, 0) is 17.9 Å². The van der Waals surface area contributed by atoms with E-state index in [2.05, 4.69) is 38.1 Å². The van der Waals surface area contributed by atoms with Crippen LogP contribution in [0.25, 0.3) is 0 Å². The molecule has 1 aromatic carbocycles. The van der Waals surface area contributed by atoms with Gasteiger partial charge in [0, 0.05) is 6.54 Å². The number of hydrogen-bond acceptors (Lipinski definition) is 2. The molecule has 1 unspecified atom stereocenters. The first-order chi connectivity index (χ1) is 7.26. The molecule has 1 aromatic rings. The van der Waals surface area contributed by atoms with Crippen LogP contribution < -0.4 is 5.73 Å². The fourth-order valence-electron chi connectivity index (χ4n) is 1.50. The van der Waals surface area contributed by atoms with E-state index >= 15 is 0 Å². The van der Waals surface area contributed by atoms with Crippen molar-refractivity contribution in [3.8, 4) is 0 Å². The van der Waals surface area contributed by atoms with E-state index in [9.17, 15) is 0 Å². The molecule has 0 saturated carbocycles. The normalized spacial score (nSPS) is 12.7. The standard InChI is InChI=1S/C13H21NO/c1-3-4-11(2)15-10-13-7-5-12(9-14)6-8-13/h5-8,11H,3-4,9-10,14H2,1-2H3. The first kappa shape index (κ1) is 12.2. The van der Waals surface area contributed by atoms with E-state index in [0.29, 0.717) is 19.3 Å². The molecular weight excluding hydrogens is 186 g/mol.